The van der Waals surface area contributed by atoms with Crippen molar-refractivity contribution in [3.8, 4) is 0 Å². The molecule has 0 saturated carbocycles. The largest absolute Gasteiger partial charge is 0.325 e. The number of carbonyl (C=O) groups is 1. The molecule has 2 aromatic carbocycles. The van der Waals surface area contributed by atoms with Crippen LogP contribution in [0.2, 0.25) is 5.02 Å². The van der Waals surface area contributed by atoms with Gasteiger partial charge in [-0.15, -0.1) is 0 Å². The predicted molar refractivity (Wildman–Crippen MR) is 78.2 cm³/mol. The molecule has 0 atom stereocenters. The minimum atomic E-state index is -0.285. The van der Waals surface area contributed by atoms with E-state index < -0.39 is 0 Å². The fraction of sp³-hybridized carbons (Fsp3) is 0.133. The zero-order chi connectivity index (χ0) is 14.4. The molecule has 1 amide bonds. The van der Waals surface area contributed by atoms with Crippen LogP contribution in [0.4, 0.5) is 10.1 Å². The van der Waals surface area contributed by atoms with Gasteiger partial charge in [0.2, 0.25) is 5.91 Å². The van der Waals surface area contributed by atoms with Crippen molar-refractivity contribution < 1.29 is 9.18 Å². The van der Waals surface area contributed by atoms with E-state index in [2.05, 4.69) is 10.6 Å². The van der Waals surface area contributed by atoms with Crippen LogP contribution in [0.25, 0.3) is 0 Å². The summed E-state index contributed by atoms with van der Waals surface area (Å²) >= 11 is 5.83. The first-order chi connectivity index (χ1) is 9.63. The van der Waals surface area contributed by atoms with Crippen LogP contribution in [0.1, 0.15) is 5.56 Å². The van der Waals surface area contributed by atoms with Crippen LogP contribution >= 0.6 is 11.6 Å². The maximum absolute atomic E-state index is 13.0. The average Bonchev–Trinajstić information content (AvgIpc) is 2.38. The highest BCUT2D eigenvalue weighted by atomic mass is 35.5. The molecule has 0 aliphatic carbocycles. The second kappa shape index (κ2) is 7.03. The molecule has 5 heteroatoms. The number of rotatable bonds is 5. The van der Waals surface area contributed by atoms with Crippen molar-refractivity contribution in [2.24, 2.45) is 0 Å². The lowest BCUT2D eigenvalue weighted by molar-refractivity contribution is -0.115. The number of benzene rings is 2. The van der Waals surface area contributed by atoms with E-state index in [9.17, 15) is 9.18 Å². The maximum atomic E-state index is 13.0. The second-order valence-corrected chi connectivity index (χ2v) is 4.73. The van der Waals surface area contributed by atoms with Gasteiger partial charge in [-0.1, -0.05) is 29.8 Å². The van der Waals surface area contributed by atoms with E-state index in [1.165, 1.54) is 12.1 Å². The van der Waals surface area contributed by atoms with Crippen LogP contribution in [0.3, 0.4) is 0 Å². The molecule has 0 unspecified atom stereocenters. The first-order valence-corrected chi connectivity index (χ1v) is 6.52. The van der Waals surface area contributed by atoms with E-state index in [-0.39, 0.29) is 18.3 Å². The van der Waals surface area contributed by atoms with Crippen molar-refractivity contribution in [3.05, 3.63) is 64.9 Å². The first kappa shape index (κ1) is 14.5. The number of amides is 1. The number of nitrogens with one attached hydrogen (secondary N) is 2. The van der Waals surface area contributed by atoms with Gasteiger partial charge in [-0.05, 0) is 35.9 Å². The summed E-state index contributed by atoms with van der Waals surface area (Å²) in [5, 5.41) is 6.24. The van der Waals surface area contributed by atoms with E-state index in [0.29, 0.717) is 17.3 Å². The Hall–Kier alpha value is -1.91. The van der Waals surface area contributed by atoms with Crippen molar-refractivity contribution in [2.45, 2.75) is 6.54 Å². The Morgan fingerprint density at radius 2 is 1.95 bits per heavy atom. The van der Waals surface area contributed by atoms with Gasteiger partial charge in [0.05, 0.1) is 6.54 Å². The lowest BCUT2D eigenvalue weighted by Gasteiger charge is -2.07. The molecule has 0 aromatic heterocycles. The van der Waals surface area contributed by atoms with Gasteiger partial charge in [0.15, 0.2) is 0 Å². The van der Waals surface area contributed by atoms with Crippen LogP contribution < -0.4 is 10.6 Å². The van der Waals surface area contributed by atoms with Crippen LogP contribution in [0.5, 0.6) is 0 Å². The quantitative estimate of drug-likeness (QED) is 0.888. The third kappa shape index (κ3) is 4.64. The molecule has 0 aliphatic rings. The minimum Gasteiger partial charge on any atom is -0.325 e. The third-order valence-corrected chi connectivity index (χ3v) is 2.85. The molecule has 2 rings (SSSR count). The van der Waals surface area contributed by atoms with E-state index in [0.717, 1.165) is 5.56 Å². The fourth-order valence-corrected chi connectivity index (χ4v) is 1.93. The Bertz CT molecular complexity index is 604. The molecule has 0 spiro atoms. The van der Waals surface area contributed by atoms with Gasteiger partial charge in [-0.25, -0.2) is 4.39 Å². The number of anilines is 1. The summed E-state index contributed by atoms with van der Waals surface area (Å²) in [6.07, 6.45) is 0. The predicted octanol–water partition coefficient (Wildman–Crippen LogP) is 3.21. The molecule has 2 aromatic rings. The number of hydrogen-bond donors (Lipinski definition) is 2. The number of halogens is 2. The van der Waals surface area contributed by atoms with E-state index in [1.807, 2.05) is 0 Å². The smallest absolute Gasteiger partial charge is 0.238 e. The molecular weight excluding hydrogens is 279 g/mol. The van der Waals surface area contributed by atoms with Gasteiger partial charge < -0.3 is 10.6 Å². The lowest BCUT2D eigenvalue weighted by atomic mass is 10.2. The molecular formula is C15H14ClFN2O. The minimum absolute atomic E-state index is 0.142. The standard InChI is InChI=1S/C15H14ClFN2O/c16-12-4-2-6-14(8-12)19-15(20)10-18-9-11-3-1-5-13(17)7-11/h1-8,18H,9-10H2,(H,19,20). The van der Waals surface area contributed by atoms with Crippen LogP contribution in [-0.4, -0.2) is 12.5 Å². The molecule has 104 valence electrons. The summed E-state index contributed by atoms with van der Waals surface area (Å²) < 4.78 is 13.0. The normalized spacial score (nSPS) is 10.3. The van der Waals surface area contributed by atoms with Crippen LogP contribution in [0, 0.1) is 5.82 Å². The van der Waals surface area contributed by atoms with Gasteiger partial charge in [0, 0.05) is 17.3 Å². The highest BCUT2D eigenvalue weighted by molar-refractivity contribution is 6.30. The molecule has 0 bridgehead atoms. The summed E-state index contributed by atoms with van der Waals surface area (Å²) in [7, 11) is 0. The summed E-state index contributed by atoms with van der Waals surface area (Å²) in [4.78, 5) is 11.7. The Kier molecular flexibility index (Phi) is 5.09. The van der Waals surface area contributed by atoms with Crippen molar-refractivity contribution in [3.63, 3.8) is 0 Å². The summed E-state index contributed by atoms with van der Waals surface area (Å²) in [6, 6.07) is 13.2. The van der Waals surface area contributed by atoms with E-state index in [4.69, 9.17) is 11.6 Å². The van der Waals surface area contributed by atoms with Crippen LogP contribution in [0.15, 0.2) is 48.5 Å². The molecule has 3 nitrogen and oxygen atoms in total. The van der Waals surface area contributed by atoms with Gasteiger partial charge in [0.1, 0.15) is 5.82 Å². The monoisotopic (exact) mass is 292 g/mol. The number of hydrogen-bond acceptors (Lipinski definition) is 2. The fourth-order valence-electron chi connectivity index (χ4n) is 1.74. The van der Waals surface area contributed by atoms with Gasteiger partial charge in [-0.3, -0.25) is 4.79 Å². The topological polar surface area (TPSA) is 41.1 Å². The van der Waals surface area contributed by atoms with Gasteiger partial charge >= 0.3 is 0 Å². The molecule has 0 heterocycles. The zero-order valence-electron chi connectivity index (χ0n) is 10.7. The van der Waals surface area contributed by atoms with E-state index in [1.54, 1.807) is 36.4 Å². The van der Waals surface area contributed by atoms with Crippen molar-refractivity contribution >= 4 is 23.2 Å². The molecule has 20 heavy (non-hydrogen) atoms. The Morgan fingerprint density at radius 1 is 1.15 bits per heavy atom. The average molecular weight is 293 g/mol. The second-order valence-electron chi connectivity index (χ2n) is 4.29. The van der Waals surface area contributed by atoms with Gasteiger partial charge in [0.25, 0.3) is 0 Å². The maximum Gasteiger partial charge on any atom is 0.238 e. The summed E-state index contributed by atoms with van der Waals surface area (Å²) in [5.41, 5.74) is 1.44. The van der Waals surface area contributed by atoms with Crippen molar-refractivity contribution in [1.82, 2.24) is 5.32 Å². The zero-order valence-corrected chi connectivity index (χ0v) is 11.5. The van der Waals surface area contributed by atoms with Crippen molar-refractivity contribution in [2.75, 3.05) is 11.9 Å². The molecule has 0 aliphatic heterocycles. The summed E-state index contributed by atoms with van der Waals surface area (Å²) in [6.45, 7) is 0.573. The molecule has 2 N–H and O–H groups in total. The Labute approximate surface area is 121 Å². The Morgan fingerprint density at radius 3 is 2.70 bits per heavy atom. The van der Waals surface area contributed by atoms with Gasteiger partial charge in [-0.2, -0.15) is 0 Å². The lowest BCUT2D eigenvalue weighted by Crippen LogP contribution is -2.27. The first-order valence-electron chi connectivity index (χ1n) is 6.14. The molecule has 0 fully saturated rings. The highest BCUT2D eigenvalue weighted by Gasteiger charge is 2.02. The Balaban J connectivity index is 1.78. The SMILES string of the molecule is O=C(CNCc1cccc(F)c1)Nc1cccc(Cl)c1. The summed E-state index contributed by atoms with van der Waals surface area (Å²) in [5.74, 6) is -0.462. The molecule has 0 radical (unpaired) electrons. The van der Waals surface area contributed by atoms with E-state index >= 15 is 0 Å². The van der Waals surface area contributed by atoms with Crippen LogP contribution in [-0.2, 0) is 11.3 Å². The van der Waals surface area contributed by atoms with Crippen molar-refractivity contribution in [1.29, 1.82) is 0 Å². The number of carbonyl (C=O) groups excluding carboxylic acids is 1. The molecule has 0 saturated heterocycles. The highest BCUT2D eigenvalue weighted by Crippen LogP contribution is 2.14. The third-order valence-electron chi connectivity index (χ3n) is 2.61.